The molecule has 2 aliphatic rings. The fourth-order valence-corrected chi connectivity index (χ4v) is 7.83. The average Bonchev–Trinajstić information content (AvgIpc) is 2.96. The maximum atomic E-state index is 12.5. The van der Waals surface area contributed by atoms with Gasteiger partial charge in [-0.2, -0.15) is 0 Å². The van der Waals surface area contributed by atoms with Gasteiger partial charge in [0.25, 0.3) is 0 Å². The van der Waals surface area contributed by atoms with Crippen LogP contribution in [0.15, 0.2) is 23.1 Å². The zero-order chi connectivity index (χ0) is 19.3. The smallest absolute Gasteiger partial charge is 0.242 e. The molecule has 1 N–H and O–H groups in total. The van der Waals surface area contributed by atoms with Crippen LogP contribution in [0, 0.1) is 6.92 Å². The van der Waals surface area contributed by atoms with Gasteiger partial charge in [-0.05, 0) is 37.1 Å². The van der Waals surface area contributed by atoms with Crippen molar-refractivity contribution >= 4 is 41.5 Å². The molecule has 2 saturated heterocycles. The second-order valence-electron chi connectivity index (χ2n) is 6.40. The van der Waals surface area contributed by atoms with Gasteiger partial charge < -0.3 is 0 Å². The van der Waals surface area contributed by atoms with Gasteiger partial charge in [-0.3, -0.25) is 4.79 Å². The molecule has 1 amide bonds. The summed E-state index contributed by atoms with van der Waals surface area (Å²) in [5.41, 5.74) is 0.346. The van der Waals surface area contributed by atoms with E-state index < -0.39 is 41.8 Å². The van der Waals surface area contributed by atoms with Gasteiger partial charge >= 0.3 is 0 Å². The summed E-state index contributed by atoms with van der Waals surface area (Å²) in [5.74, 6) is -1.14. The van der Waals surface area contributed by atoms with Crippen LogP contribution < -0.4 is 9.03 Å². The number of amides is 1. The molecule has 26 heavy (non-hydrogen) atoms. The number of carbonyl (C=O) groups excluding carboxylic acids is 1. The fraction of sp³-hybridized carbons (Fsp3) is 0.500. The highest BCUT2D eigenvalue weighted by Crippen LogP contribution is 2.28. The van der Waals surface area contributed by atoms with Crippen molar-refractivity contribution in [3.8, 4) is 0 Å². The first-order valence-corrected chi connectivity index (χ1v) is 12.7. The summed E-state index contributed by atoms with van der Waals surface area (Å²) in [6, 6.07) is 3.11. The number of nitrogens with zero attached hydrogens (tertiary/aromatic N) is 1. The summed E-state index contributed by atoms with van der Waals surface area (Å²) >= 11 is 0. The Kier molecular flexibility index (Phi) is 4.66. The van der Waals surface area contributed by atoms with E-state index in [0.29, 0.717) is 4.31 Å². The maximum absolute atomic E-state index is 12.5. The lowest BCUT2D eigenvalue weighted by Crippen LogP contribution is -2.36. The fourth-order valence-electron chi connectivity index (χ4n) is 3.10. The van der Waals surface area contributed by atoms with Gasteiger partial charge in [-0.15, -0.1) is 0 Å². The minimum atomic E-state index is -3.97. The Balaban J connectivity index is 1.89. The van der Waals surface area contributed by atoms with Gasteiger partial charge in [0.05, 0.1) is 27.8 Å². The first-order chi connectivity index (χ1) is 11.9. The van der Waals surface area contributed by atoms with Crippen LogP contribution in [0.3, 0.4) is 0 Å². The highest BCUT2D eigenvalue weighted by molar-refractivity contribution is 7.94. The van der Waals surface area contributed by atoms with Crippen molar-refractivity contribution in [2.75, 3.05) is 21.6 Å². The van der Waals surface area contributed by atoms with E-state index in [-0.39, 0.29) is 46.2 Å². The van der Waals surface area contributed by atoms with E-state index in [4.69, 9.17) is 0 Å². The summed E-state index contributed by atoms with van der Waals surface area (Å²) in [6.45, 7) is 1.48. The van der Waals surface area contributed by atoms with E-state index in [1.165, 1.54) is 25.1 Å². The predicted octanol–water partition coefficient (Wildman–Crippen LogP) is -0.473. The Hall–Kier alpha value is -1.50. The van der Waals surface area contributed by atoms with Crippen molar-refractivity contribution in [2.24, 2.45) is 0 Å². The molecular weight excluding hydrogens is 404 g/mol. The molecule has 1 aromatic rings. The molecule has 2 aliphatic heterocycles. The van der Waals surface area contributed by atoms with E-state index in [1.54, 1.807) is 0 Å². The van der Waals surface area contributed by atoms with Crippen molar-refractivity contribution < 1.29 is 30.0 Å². The van der Waals surface area contributed by atoms with E-state index >= 15 is 0 Å². The van der Waals surface area contributed by atoms with Crippen molar-refractivity contribution in [1.29, 1.82) is 0 Å². The minimum Gasteiger partial charge on any atom is -0.273 e. The van der Waals surface area contributed by atoms with Crippen LogP contribution in [0.25, 0.3) is 0 Å². The molecule has 144 valence electrons. The number of nitrogens with one attached hydrogen (secondary N) is 1. The monoisotopic (exact) mass is 422 g/mol. The van der Waals surface area contributed by atoms with Crippen molar-refractivity contribution in [3.05, 3.63) is 23.8 Å². The van der Waals surface area contributed by atoms with Crippen molar-refractivity contribution in [3.63, 3.8) is 0 Å². The molecule has 0 spiro atoms. The normalized spacial score (nSPS) is 24.9. The average molecular weight is 423 g/mol. The SMILES string of the molecule is Cc1cc(N2C(=O)CCS2(=O)=O)ccc1S(=O)(=O)N[C@@H]1CCS(=O)(=O)C1. The van der Waals surface area contributed by atoms with E-state index in [0.717, 1.165) is 0 Å². The molecule has 0 aromatic heterocycles. The number of aryl methyl sites for hydroxylation is 1. The summed E-state index contributed by atoms with van der Waals surface area (Å²) in [4.78, 5) is 11.7. The van der Waals surface area contributed by atoms with Crippen LogP contribution in [0.1, 0.15) is 18.4 Å². The molecule has 0 saturated carbocycles. The second kappa shape index (κ2) is 6.29. The van der Waals surface area contributed by atoms with Crippen LogP contribution in [-0.4, -0.2) is 54.5 Å². The molecule has 0 aliphatic carbocycles. The lowest BCUT2D eigenvalue weighted by Gasteiger charge is -2.18. The van der Waals surface area contributed by atoms with Crippen LogP contribution in [0.4, 0.5) is 5.69 Å². The van der Waals surface area contributed by atoms with Crippen molar-refractivity contribution in [2.45, 2.75) is 30.7 Å². The predicted molar refractivity (Wildman–Crippen MR) is 94.4 cm³/mol. The number of anilines is 1. The third-order valence-electron chi connectivity index (χ3n) is 4.32. The van der Waals surface area contributed by atoms with Crippen LogP contribution in [0.2, 0.25) is 0 Å². The quantitative estimate of drug-likeness (QED) is 0.693. The number of carbonyl (C=O) groups is 1. The molecule has 0 radical (unpaired) electrons. The Morgan fingerprint density at radius 1 is 1.15 bits per heavy atom. The first-order valence-electron chi connectivity index (χ1n) is 7.80. The topological polar surface area (TPSA) is 135 Å². The van der Waals surface area contributed by atoms with Crippen LogP contribution >= 0.6 is 0 Å². The Bertz CT molecular complexity index is 1080. The molecule has 0 bridgehead atoms. The van der Waals surface area contributed by atoms with Gasteiger partial charge in [0.1, 0.15) is 0 Å². The summed E-state index contributed by atoms with van der Waals surface area (Å²) in [7, 11) is -10.9. The standard InChI is InChI=1S/C14H18N2O7S3/c1-10-8-12(16-14(17)5-7-25(16,20)21)2-3-13(10)26(22,23)15-11-4-6-24(18,19)9-11/h2-3,8,11,15H,4-7,9H2,1H3/t11-/m1/s1. The van der Waals surface area contributed by atoms with E-state index in [2.05, 4.69) is 4.72 Å². The molecule has 1 atom stereocenters. The lowest BCUT2D eigenvalue weighted by atomic mass is 10.2. The van der Waals surface area contributed by atoms with E-state index in [1.807, 2.05) is 0 Å². The Labute approximate surface area is 152 Å². The minimum absolute atomic E-state index is 0.0625. The molecule has 9 nitrogen and oxygen atoms in total. The van der Waals surface area contributed by atoms with Gasteiger partial charge in [-0.25, -0.2) is 34.3 Å². The zero-order valence-electron chi connectivity index (χ0n) is 13.9. The molecule has 3 rings (SSSR count). The Morgan fingerprint density at radius 2 is 1.85 bits per heavy atom. The molecule has 2 heterocycles. The van der Waals surface area contributed by atoms with Gasteiger partial charge in [0.2, 0.25) is 26.0 Å². The Morgan fingerprint density at radius 3 is 2.35 bits per heavy atom. The highest BCUT2D eigenvalue weighted by atomic mass is 32.2. The lowest BCUT2D eigenvalue weighted by molar-refractivity contribution is -0.116. The third-order valence-corrected chi connectivity index (χ3v) is 9.45. The summed E-state index contributed by atoms with van der Waals surface area (Å²) in [5, 5.41) is 0. The molecule has 1 aromatic carbocycles. The van der Waals surface area contributed by atoms with E-state index in [9.17, 15) is 30.0 Å². The van der Waals surface area contributed by atoms with Crippen molar-refractivity contribution in [1.82, 2.24) is 4.72 Å². The molecule has 2 fully saturated rings. The number of rotatable bonds is 4. The maximum Gasteiger partial charge on any atom is 0.242 e. The zero-order valence-corrected chi connectivity index (χ0v) is 16.3. The number of hydrogen-bond donors (Lipinski definition) is 1. The summed E-state index contributed by atoms with van der Waals surface area (Å²) in [6.07, 6.45) is 0.0956. The van der Waals surface area contributed by atoms with Gasteiger partial charge in [0.15, 0.2) is 9.84 Å². The number of sulfone groups is 1. The molecular formula is C14H18N2O7S3. The third kappa shape index (κ3) is 3.63. The van der Waals surface area contributed by atoms with Gasteiger partial charge in [0, 0.05) is 12.5 Å². The number of benzene rings is 1. The number of sulfonamides is 2. The number of hydrogen-bond acceptors (Lipinski definition) is 7. The van der Waals surface area contributed by atoms with Crippen LogP contribution in [-0.2, 0) is 34.7 Å². The van der Waals surface area contributed by atoms with Crippen LogP contribution in [0.5, 0.6) is 0 Å². The van der Waals surface area contributed by atoms with Gasteiger partial charge in [-0.1, -0.05) is 0 Å². The molecule has 12 heteroatoms. The first kappa shape index (κ1) is 19.3. The highest BCUT2D eigenvalue weighted by Gasteiger charge is 2.37. The molecule has 0 unspecified atom stereocenters. The largest absolute Gasteiger partial charge is 0.273 e. The summed E-state index contributed by atoms with van der Waals surface area (Å²) < 4.78 is 75.1. The second-order valence-corrected chi connectivity index (χ2v) is 12.2.